The Morgan fingerprint density at radius 3 is 2.45 bits per heavy atom. The van der Waals surface area contributed by atoms with Crippen molar-refractivity contribution in [2.24, 2.45) is 5.92 Å². The van der Waals surface area contributed by atoms with Crippen molar-refractivity contribution in [1.82, 2.24) is 4.90 Å². The highest BCUT2D eigenvalue weighted by Crippen LogP contribution is 2.16. The van der Waals surface area contributed by atoms with E-state index >= 15 is 0 Å². The molecule has 0 aliphatic carbocycles. The maximum atomic E-state index is 13.3. The summed E-state index contributed by atoms with van der Waals surface area (Å²) in [5.41, 5.74) is 1.70. The van der Waals surface area contributed by atoms with Crippen LogP contribution in [0, 0.1) is 11.7 Å². The summed E-state index contributed by atoms with van der Waals surface area (Å²) in [6.07, 6.45) is 0. The number of quaternary nitrogens is 2. The van der Waals surface area contributed by atoms with Gasteiger partial charge in [0.2, 0.25) is 0 Å². The van der Waals surface area contributed by atoms with Crippen molar-refractivity contribution >= 4 is 17.5 Å². The first-order valence-corrected chi connectivity index (χ1v) is 11.0. The molecule has 6 nitrogen and oxygen atoms in total. The lowest BCUT2D eigenvalue weighted by Crippen LogP contribution is -3.15. The van der Waals surface area contributed by atoms with Gasteiger partial charge < -0.3 is 20.4 Å². The molecule has 0 spiro atoms. The van der Waals surface area contributed by atoms with Crippen LogP contribution in [0.2, 0.25) is 0 Å². The zero-order chi connectivity index (χ0) is 22.2. The van der Waals surface area contributed by atoms with Crippen molar-refractivity contribution in [2.75, 3.05) is 44.6 Å². The van der Waals surface area contributed by atoms with Gasteiger partial charge in [0.05, 0.1) is 26.2 Å². The molecule has 1 fully saturated rings. The molecule has 2 aromatic carbocycles. The second-order valence-corrected chi connectivity index (χ2v) is 8.49. The molecule has 31 heavy (non-hydrogen) atoms. The van der Waals surface area contributed by atoms with Gasteiger partial charge in [-0.2, -0.15) is 0 Å². The molecule has 0 bridgehead atoms. The first-order chi connectivity index (χ1) is 14.9. The van der Waals surface area contributed by atoms with Gasteiger partial charge in [0.25, 0.3) is 11.8 Å². The van der Waals surface area contributed by atoms with E-state index in [0.717, 1.165) is 18.0 Å². The normalized spacial score (nSPS) is 15.7. The average Bonchev–Trinajstić information content (AvgIpc) is 2.74. The third-order valence-corrected chi connectivity index (χ3v) is 5.79. The number of piperazine rings is 1. The van der Waals surface area contributed by atoms with E-state index < -0.39 is 0 Å². The molecule has 2 aromatic rings. The number of hydrogen-bond donors (Lipinski definition) is 3. The molecule has 0 radical (unpaired) electrons. The van der Waals surface area contributed by atoms with E-state index in [2.05, 4.69) is 36.6 Å². The molecular formula is C24H33FN4O2+2. The van der Waals surface area contributed by atoms with Gasteiger partial charge in [-0.05, 0) is 18.2 Å². The molecule has 7 heteroatoms. The molecule has 1 heterocycles. The van der Waals surface area contributed by atoms with Gasteiger partial charge >= 0.3 is 0 Å². The number of carbonyl (C=O) groups is 2. The Balaban J connectivity index is 1.42. The number of nitrogens with two attached hydrogens (primary N) is 1. The summed E-state index contributed by atoms with van der Waals surface area (Å²) in [6.45, 7) is 7.84. The molecule has 0 saturated carbocycles. The van der Waals surface area contributed by atoms with Gasteiger partial charge in [0, 0.05) is 17.2 Å². The van der Waals surface area contributed by atoms with Crippen LogP contribution in [-0.4, -0.2) is 56.0 Å². The molecule has 4 N–H and O–H groups in total. The summed E-state index contributed by atoms with van der Waals surface area (Å²) in [6, 6.07) is 16.4. The number of carbonyl (C=O) groups excluding carboxylic acids is 2. The van der Waals surface area contributed by atoms with Crippen LogP contribution in [0.3, 0.4) is 0 Å². The molecule has 1 atom stereocenters. The quantitative estimate of drug-likeness (QED) is 0.572. The minimum Gasteiger partial charge on any atom is -0.332 e. The van der Waals surface area contributed by atoms with Crippen molar-refractivity contribution < 1.29 is 24.2 Å². The summed E-state index contributed by atoms with van der Waals surface area (Å²) >= 11 is 0. The Morgan fingerprint density at radius 2 is 1.81 bits per heavy atom. The van der Waals surface area contributed by atoms with Gasteiger partial charge in [-0.15, -0.1) is 0 Å². The Hall–Kier alpha value is -2.77. The second kappa shape index (κ2) is 11.0. The third kappa shape index (κ3) is 6.87. The van der Waals surface area contributed by atoms with Crippen molar-refractivity contribution in [3.63, 3.8) is 0 Å². The van der Waals surface area contributed by atoms with Crippen molar-refractivity contribution in [1.29, 1.82) is 0 Å². The number of nitrogens with one attached hydrogen (secondary N) is 2. The average molecular weight is 429 g/mol. The summed E-state index contributed by atoms with van der Waals surface area (Å²) < 4.78 is 13.3. The van der Waals surface area contributed by atoms with E-state index in [4.69, 9.17) is 0 Å². The van der Waals surface area contributed by atoms with Crippen LogP contribution in [0.5, 0.6) is 0 Å². The molecule has 0 aromatic heterocycles. The fourth-order valence-corrected chi connectivity index (χ4v) is 4.07. The van der Waals surface area contributed by atoms with E-state index in [-0.39, 0.29) is 23.7 Å². The van der Waals surface area contributed by atoms with Crippen LogP contribution in [-0.2, 0) is 9.59 Å². The van der Waals surface area contributed by atoms with Crippen LogP contribution >= 0.6 is 0 Å². The molecular weight excluding hydrogens is 395 g/mol. The zero-order valence-electron chi connectivity index (χ0n) is 18.3. The molecule has 1 aliphatic heterocycles. The third-order valence-electron chi connectivity index (χ3n) is 5.79. The summed E-state index contributed by atoms with van der Waals surface area (Å²) in [4.78, 5) is 28.0. The highest BCUT2D eigenvalue weighted by atomic mass is 19.1. The summed E-state index contributed by atoms with van der Waals surface area (Å²) in [7, 11) is 0. The standard InChI is InChI=1S/C24H31FN4O2/c1-18(2)24(19-7-4-3-5-8-19)26-16-23(31)29-13-11-28(12-14-29)17-22(30)27-21-10-6-9-20(25)15-21/h3-10,15,18,24,26H,11-14,16-17H2,1-2H3,(H,27,30)/p+2/t24-/m0/s1. The second-order valence-electron chi connectivity index (χ2n) is 8.49. The lowest BCUT2D eigenvalue weighted by molar-refractivity contribution is -0.895. The molecule has 2 amide bonds. The fraction of sp³-hybridized carbons (Fsp3) is 0.417. The number of rotatable bonds is 8. The van der Waals surface area contributed by atoms with E-state index in [1.165, 1.54) is 17.7 Å². The lowest BCUT2D eigenvalue weighted by Gasteiger charge is -2.32. The number of hydrogen-bond acceptors (Lipinski definition) is 2. The van der Waals surface area contributed by atoms with Crippen molar-refractivity contribution in [3.05, 3.63) is 66.0 Å². The molecule has 0 unspecified atom stereocenters. The molecule has 3 rings (SSSR count). The maximum absolute atomic E-state index is 13.3. The summed E-state index contributed by atoms with van der Waals surface area (Å²) in [5.74, 6) is 0.0512. The van der Waals surface area contributed by atoms with Crippen LogP contribution in [0.1, 0.15) is 25.5 Å². The first-order valence-electron chi connectivity index (χ1n) is 11.0. The van der Waals surface area contributed by atoms with Crippen LogP contribution in [0.25, 0.3) is 0 Å². The Morgan fingerprint density at radius 1 is 1.10 bits per heavy atom. The van der Waals surface area contributed by atoms with Crippen molar-refractivity contribution in [3.8, 4) is 0 Å². The van der Waals surface area contributed by atoms with Gasteiger partial charge in [-0.25, -0.2) is 4.39 Å². The Labute approximate surface area is 183 Å². The van der Waals surface area contributed by atoms with Crippen molar-refractivity contribution in [2.45, 2.75) is 19.9 Å². The number of benzene rings is 2. The summed E-state index contributed by atoms with van der Waals surface area (Å²) in [5, 5.41) is 4.87. The van der Waals surface area contributed by atoms with Crippen LogP contribution < -0.4 is 15.5 Å². The van der Waals surface area contributed by atoms with E-state index in [9.17, 15) is 14.0 Å². The minimum atomic E-state index is -0.374. The highest BCUT2D eigenvalue weighted by Gasteiger charge is 2.27. The van der Waals surface area contributed by atoms with E-state index in [1.807, 2.05) is 23.1 Å². The predicted molar refractivity (Wildman–Crippen MR) is 118 cm³/mol. The smallest absolute Gasteiger partial charge is 0.279 e. The van der Waals surface area contributed by atoms with Crippen LogP contribution in [0.15, 0.2) is 54.6 Å². The SMILES string of the molecule is CC(C)[C@H]([NH2+]CC(=O)N1CC[NH+](CC(=O)Nc2cccc(F)c2)CC1)c1ccccc1. The minimum absolute atomic E-state index is 0.142. The lowest BCUT2D eigenvalue weighted by atomic mass is 9.96. The Kier molecular flexibility index (Phi) is 8.14. The van der Waals surface area contributed by atoms with Gasteiger partial charge in [0.15, 0.2) is 13.1 Å². The number of nitrogens with zero attached hydrogens (tertiary/aromatic N) is 1. The fourth-order valence-electron chi connectivity index (χ4n) is 4.07. The van der Waals surface area contributed by atoms with E-state index in [1.54, 1.807) is 12.1 Å². The number of amides is 2. The number of halogens is 1. The maximum Gasteiger partial charge on any atom is 0.279 e. The molecule has 166 valence electrons. The Bertz CT molecular complexity index is 867. The highest BCUT2D eigenvalue weighted by molar-refractivity contribution is 5.91. The van der Waals surface area contributed by atoms with Crippen LogP contribution in [0.4, 0.5) is 10.1 Å². The van der Waals surface area contributed by atoms with E-state index in [0.29, 0.717) is 37.8 Å². The number of anilines is 1. The van der Waals surface area contributed by atoms with Gasteiger partial charge in [-0.3, -0.25) is 9.59 Å². The topological polar surface area (TPSA) is 70.5 Å². The van der Waals surface area contributed by atoms with Gasteiger partial charge in [0.1, 0.15) is 11.9 Å². The predicted octanol–water partition coefficient (Wildman–Crippen LogP) is 0.452. The molecule has 1 saturated heterocycles. The van der Waals surface area contributed by atoms with Gasteiger partial charge in [-0.1, -0.05) is 50.2 Å². The first kappa shape index (κ1) is 22.9. The zero-order valence-corrected chi connectivity index (χ0v) is 18.3. The molecule has 1 aliphatic rings. The largest absolute Gasteiger partial charge is 0.332 e. The monoisotopic (exact) mass is 428 g/mol.